The van der Waals surface area contributed by atoms with Crippen LogP contribution >= 0.6 is 0 Å². The van der Waals surface area contributed by atoms with Crippen LogP contribution in [0.15, 0.2) is 54.7 Å². The monoisotopic (exact) mass is 306 g/mol. The Labute approximate surface area is 133 Å². The molecule has 2 aromatic carbocycles. The van der Waals surface area contributed by atoms with Crippen molar-refractivity contribution in [1.82, 2.24) is 9.78 Å². The minimum absolute atomic E-state index is 0.0256. The maximum absolute atomic E-state index is 13.6. The number of nitrogens with zero attached hydrogens (tertiary/aromatic N) is 3. The van der Waals surface area contributed by atoms with Crippen LogP contribution in [0.2, 0.25) is 0 Å². The average molecular weight is 306 g/mol. The van der Waals surface area contributed by atoms with E-state index in [0.717, 1.165) is 16.8 Å². The predicted octanol–water partition coefficient (Wildman–Crippen LogP) is 3.71. The molecule has 0 fully saturated rings. The van der Waals surface area contributed by atoms with Crippen molar-refractivity contribution < 1.29 is 4.39 Å². The molecule has 114 valence electrons. The van der Waals surface area contributed by atoms with Gasteiger partial charge >= 0.3 is 0 Å². The molecule has 0 amide bonds. The van der Waals surface area contributed by atoms with Crippen molar-refractivity contribution in [3.63, 3.8) is 0 Å². The number of anilines is 1. The molecule has 5 heteroatoms. The van der Waals surface area contributed by atoms with E-state index in [9.17, 15) is 4.39 Å². The van der Waals surface area contributed by atoms with Crippen LogP contribution in [-0.2, 0) is 13.6 Å². The average Bonchev–Trinajstić information content (AvgIpc) is 2.94. The molecule has 4 nitrogen and oxygen atoms in total. The Hall–Kier alpha value is -3.13. The molecular formula is C18H15FN4. The Kier molecular flexibility index (Phi) is 4.07. The molecule has 0 spiro atoms. The van der Waals surface area contributed by atoms with Crippen molar-refractivity contribution in [3.05, 3.63) is 71.7 Å². The first-order chi connectivity index (χ1) is 11.2. The Bertz CT molecular complexity index is 862. The molecule has 1 heterocycles. The maximum atomic E-state index is 13.6. The summed E-state index contributed by atoms with van der Waals surface area (Å²) in [4.78, 5) is 0. The number of nitriles is 1. The van der Waals surface area contributed by atoms with Crippen molar-refractivity contribution >= 4 is 5.69 Å². The predicted molar refractivity (Wildman–Crippen MR) is 87.1 cm³/mol. The number of benzene rings is 2. The molecular weight excluding hydrogens is 291 g/mol. The van der Waals surface area contributed by atoms with Crippen LogP contribution in [0.5, 0.6) is 0 Å². The molecule has 23 heavy (non-hydrogen) atoms. The number of aryl methyl sites for hydroxylation is 1. The van der Waals surface area contributed by atoms with Gasteiger partial charge in [0.15, 0.2) is 0 Å². The van der Waals surface area contributed by atoms with Crippen LogP contribution in [-0.4, -0.2) is 9.78 Å². The smallest absolute Gasteiger partial charge is 0.143 e. The van der Waals surface area contributed by atoms with Crippen molar-refractivity contribution in [3.8, 4) is 17.3 Å². The molecule has 3 rings (SSSR count). The van der Waals surface area contributed by atoms with Crippen LogP contribution in [0.4, 0.5) is 10.1 Å². The van der Waals surface area contributed by atoms with Crippen LogP contribution in [0.25, 0.3) is 11.3 Å². The van der Waals surface area contributed by atoms with Crippen LogP contribution < -0.4 is 5.32 Å². The SMILES string of the molecule is Cn1cc(CNc2cccc(F)c2C#N)c(-c2ccccc2)n1. The Morgan fingerprint density at radius 1 is 1.17 bits per heavy atom. The van der Waals surface area contributed by atoms with E-state index in [1.165, 1.54) is 6.07 Å². The second-order valence-corrected chi connectivity index (χ2v) is 5.17. The highest BCUT2D eigenvalue weighted by Crippen LogP contribution is 2.24. The van der Waals surface area contributed by atoms with E-state index in [-0.39, 0.29) is 5.56 Å². The number of halogens is 1. The molecule has 0 radical (unpaired) electrons. The standard InChI is InChI=1S/C18H15FN4/c1-23-12-14(18(22-23)13-6-3-2-4-7-13)11-21-17-9-5-8-16(19)15(17)10-20/h2-9,12,21H,11H2,1H3. The second-order valence-electron chi connectivity index (χ2n) is 5.17. The number of nitrogens with one attached hydrogen (secondary N) is 1. The summed E-state index contributed by atoms with van der Waals surface area (Å²) in [6.07, 6.45) is 1.92. The van der Waals surface area contributed by atoms with Crippen LogP contribution in [0, 0.1) is 17.1 Å². The fourth-order valence-electron chi connectivity index (χ4n) is 2.48. The van der Waals surface area contributed by atoms with Crippen molar-refractivity contribution in [2.45, 2.75) is 6.54 Å². The Morgan fingerprint density at radius 3 is 2.70 bits per heavy atom. The van der Waals surface area contributed by atoms with E-state index >= 15 is 0 Å². The normalized spacial score (nSPS) is 10.3. The number of aromatic nitrogens is 2. The minimum Gasteiger partial charge on any atom is -0.380 e. The maximum Gasteiger partial charge on any atom is 0.143 e. The third kappa shape index (κ3) is 3.06. The highest BCUT2D eigenvalue weighted by atomic mass is 19.1. The zero-order valence-corrected chi connectivity index (χ0v) is 12.6. The highest BCUT2D eigenvalue weighted by Gasteiger charge is 2.12. The van der Waals surface area contributed by atoms with E-state index in [1.54, 1.807) is 16.8 Å². The zero-order chi connectivity index (χ0) is 16.2. The van der Waals surface area contributed by atoms with E-state index in [0.29, 0.717) is 12.2 Å². The summed E-state index contributed by atoms with van der Waals surface area (Å²) in [5.41, 5.74) is 3.38. The first-order valence-electron chi connectivity index (χ1n) is 7.19. The third-order valence-electron chi connectivity index (χ3n) is 3.55. The van der Waals surface area contributed by atoms with Gasteiger partial charge in [0.05, 0.1) is 11.4 Å². The summed E-state index contributed by atoms with van der Waals surface area (Å²) >= 11 is 0. The van der Waals surface area contributed by atoms with E-state index in [1.807, 2.05) is 49.6 Å². The van der Waals surface area contributed by atoms with E-state index < -0.39 is 5.82 Å². The fraction of sp³-hybridized carbons (Fsp3) is 0.111. The van der Waals surface area contributed by atoms with Gasteiger partial charge in [-0.3, -0.25) is 4.68 Å². The topological polar surface area (TPSA) is 53.6 Å². The first kappa shape index (κ1) is 14.8. The van der Waals surface area contributed by atoms with Crippen molar-refractivity contribution in [2.75, 3.05) is 5.32 Å². The van der Waals surface area contributed by atoms with Crippen LogP contribution in [0.1, 0.15) is 11.1 Å². The zero-order valence-electron chi connectivity index (χ0n) is 12.6. The third-order valence-corrected chi connectivity index (χ3v) is 3.55. The number of hydrogen-bond acceptors (Lipinski definition) is 3. The lowest BCUT2D eigenvalue weighted by molar-refractivity contribution is 0.624. The molecule has 1 aromatic heterocycles. The van der Waals surface area contributed by atoms with Crippen molar-refractivity contribution in [2.24, 2.45) is 7.05 Å². The lowest BCUT2D eigenvalue weighted by atomic mass is 10.1. The largest absolute Gasteiger partial charge is 0.380 e. The van der Waals surface area contributed by atoms with Gasteiger partial charge in [-0.25, -0.2) is 4.39 Å². The van der Waals surface area contributed by atoms with Gasteiger partial charge in [0, 0.05) is 30.9 Å². The summed E-state index contributed by atoms with van der Waals surface area (Å²) in [7, 11) is 1.86. The molecule has 0 aliphatic carbocycles. The first-order valence-corrected chi connectivity index (χ1v) is 7.19. The molecule has 0 aliphatic rings. The van der Waals surface area contributed by atoms with Gasteiger partial charge in [0.25, 0.3) is 0 Å². The van der Waals surface area contributed by atoms with E-state index in [4.69, 9.17) is 5.26 Å². The molecule has 0 atom stereocenters. The molecule has 0 saturated heterocycles. The highest BCUT2D eigenvalue weighted by molar-refractivity contribution is 5.64. The van der Waals surface area contributed by atoms with Gasteiger partial charge in [-0.05, 0) is 12.1 Å². The quantitative estimate of drug-likeness (QED) is 0.799. The van der Waals surface area contributed by atoms with Crippen LogP contribution in [0.3, 0.4) is 0 Å². The summed E-state index contributed by atoms with van der Waals surface area (Å²) in [6.45, 7) is 0.455. The Balaban J connectivity index is 1.88. The fourth-order valence-corrected chi connectivity index (χ4v) is 2.48. The number of rotatable bonds is 4. The summed E-state index contributed by atoms with van der Waals surface area (Å²) in [5, 5.41) is 16.7. The Morgan fingerprint density at radius 2 is 1.96 bits per heavy atom. The summed E-state index contributed by atoms with van der Waals surface area (Å²) in [6, 6.07) is 16.3. The molecule has 1 N–H and O–H groups in total. The van der Waals surface area contributed by atoms with Gasteiger partial charge in [0.1, 0.15) is 17.4 Å². The lowest BCUT2D eigenvalue weighted by Gasteiger charge is -2.09. The van der Waals surface area contributed by atoms with Gasteiger partial charge in [-0.1, -0.05) is 36.4 Å². The van der Waals surface area contributed by atoms with Gasteiger partial charge in [-0.15, -0.1) is 0 Å². The molecule has 0 saturated carbocycles. The molecule has 0 aliphatic heterocycles. The lowest BCUT2D eigenvalue weighted by Crippen LogP contribution is -2.03. The van der Waals surface area contributed by atoms with Crippen molar-refractivity contribution in [1.29, 1.82) is 5.26 Å². The van der Waals surface area contributed by atoms with Gasteiger partial charge < -0.3 is 5.32 Å². The van der Waals surface area contributed by atoms with Gasteiger partial charge in [-0.2, -0.15) is 10.4 Å². The van der Waals surface area contributed by atoms with Gasteiger partial charge in [0.2, 0.25) is 0 Å². The molecule has 3 aromatic rings. The summed E-state index contributed by atoms with van der Waals surface area (Å²) < 4.78 is 15.4. The second kappa shape index (κ2) is 6.32. The number of hydrogen-bond donors (Lipinski definition) is 1. The van der Waals surface area contributed by atoms with E-state index in [2.05, 4.69) is 10.4 Å². The summed E-state index contributed by atoms with van der Waals surface area (Å²) in [5.74, 6) is -0.521. The molecule has 0 unspecified atom stereocenters. The minimum atomic E-state index is -0.521. The molecule has 0 bridgehead atoms.